The number of nitrogens with one attached hydrogen (secondary N) is 1. The summed E-state index contributed by atoms with van der Waals surface area (Å²) in [6.45, 7) is 1.46. The van der Waals surface area contributed by atoms with E-state index < -0.39 is 0 Å². The number of anilines is 2. The van der Waals surface area contributed by atoms with Crippen molar-refractivity contribution in [2.75, 3.05) is 23.3 Å². The van der Waals surface area contributed by atoms with Gasteiger partial charge in [0.1, 0.15) is 0 Å². The molecule has 26 heavy (non-hydrogen) atoms. The number of amides is 1. The van der Waals surface area contributed by atoms with Gasteiger partial charge in [0.25, 0.3) is 0 Å². The molecule has 3 heterocycles. The van der Waals surface area contributed by atoms with Gasteiger partial charge < -0.3 is 10.2 Å². The summed E-state index contributed by atoms with van der Waals surface area (Å²) in [5.74, 6) is 0.724. The summed E-state index contributed by atoms with van der Waals surface area (Å²) in [5, 5.41) is 5.83. The fraction of sp³-hybridized carbons (Fsp3) is 0.278. The van der Waals surface area contributed by atoms with E-state index in [1.165, 1.54) is 0 Å². The van der Waals surface area contributed by atoms with Gasteiger partial charge in [0, 0.05) is 23.8 Å². The van der Waals surface area contributed by atoms with Crippen LogP contribution in [0.4, 0.5) is 11.5 Å². The van der Waals surface area contributed by atoms with Crippen molar-refractivity contribution in [3.63, 3.8) is 0 Å². The Labute approximate surface area is 165 Å². The standard InChI is InChI=1S/C18H16Cl2N4OS/c19-12-3-5-13(6-4-12)21-17(25)11-2-1-8-24(10-11)16-15-14(7-9-26-15)22-18(20)23-16/h3-7,9,11H,1-2,8,10H2,(H,21,25). The monoisotopic (exact) mass is 406 g/mol. The largest absolute Gasteiger partial charge is 0.354 e. The fourth-order valence-corrected chi connectivity index (χ4v) is 4.34. The van der Waals surface area contributed by atoms with E-state index in [0.717, 1.165) is 41.1 Å². The number of carbonyl (C=O) groups excluding carboxylic acids is 1. The molecule has 134 valence electrons. The highest BCUT2D eigenvalue weighted by atomic mass is 35.5. The maximum Gasteiger partial charge on any atom is 0.229 e. The topological polar surface area (TPSA) is 58.1 Å². The zero-order valence-corrected chi connectivity index (χ0v) is 16.1. The van der Waals surface area contributed by atoms with Crippen LogP contribution in [0.3, 0.4) is 0 Å². The maximum atomic E-state index is 12.7. The molecule has 0 aliphatic carbocycles. The molecular formula is C18H16Cl2N4OS. The number of fused-ring (bicyclic) bond motifs is 1. The fourth-order valence-electron chi connectivity index (χ4n) is 3.20. The summed E-state index contributed by atoms with van der Waals surface area (Å²) >= 11 is 13.6. The highest BCUT2D eigenvalue weighted by Gasteiger charge is 2.28. The lowest BCUT2D eigenvalue weighted by Crippen LogP contribution is -2.41. The minimum absolute atomic E-state index is 0.0135. The van der Waals surface area contributed by atoms with Crippen LogP contribution < -0.4 is 10.2 Å². The molecule has 1 N–H and O–H groups in total. The van der Waals surface area contributed by atoms with Crippen LogP contribution in [-0.2, 0) is 4.79 Å². The van der Waals surface area contributed by atoms with Crippen LogP contribution >= 0.6 is 34.5 Å². The van der Waals surface area contributed by atoms with Gasteiger partial charge in [-0.25, -0.2) is 4.98 Å². The first kappa shape index (κ1) is 17.5. The molecule has 1 aromatic carbocycles. The number of carbonyl (C=O) groups is 1. The maximum absolute atomic E-state index is 12.7. The third kappa shape index (κ3) is 3.63. The second-order valence-electron chi connectivity index (χ2n) is 6.23. The molecule has 0 bridgehead atoms. The Kier molecular flexibility index (Phi) is 4.98. The zero-order chi connectivity index (χ0) is 18.1. The van der Waals surface area contributed by atoms with E-state index in [0.29, 0.717) is 11.6 Å². The Morgan fingerprint density at radius 3 is 2.81 bits per heavy atom. The van der Waals surface area contributed by atoms with Gasteiger partial charge in [-0.3, -0.25) is 4.79 Å². The first-order chi connectivity index (χ1) is 12.6. The quantitative estimate of drug-likeness (QED) is 0.631. The molecule has 0 radical (unpaired) electrons. The van der Waals surface area contributed by atoms with Crippen molar-refractivity contribution in [3.05, 3.63) is 46.0 Å². The number of aromatic nitrogens is 2. The van der Waals surface area contributed by atoms with Crippen LogP contribution in [0, 0.1) is 5.92 Å². The number of halogens is 2. The number of rotatable bonds is 3. The van der Waals surface area contributed by atoms with Crippen molar-refractivity contribution in [1.82, 2.24) is 9.97 Å². The summed E-state index contributed by atoms with van der Waals surface area (Å²) in [6.07, 6.45) is 1.77. The highest BCUT2D eigenvalue weighted by molar-refractivity contribution is 7.17. The molecule has 0 spiro atoms. The number of piperidine rings is 1. The summed E-state index contributed by atoms with van der Waals surface area (Å²) < 4.78 is 1.01. The molecule has 4 rings (SSSR count). The van der Waals surface area contributed by atoms with Crippen LogP contribution in [0.1, 0.15) is 12.8 Å². The van der Waals surface area contributed by atoms with Crippen LogP contribution in [0.2, 0.25) is 10.3 Å². The lowest BCUT2D eigenvalue weighted by Gasteiger charge is -2.33. The summed E-state index contributed by atoms with van der Waals surface area (Å²) in [4.78, 5) is 23.5. The van der Waals surface area contributed by atoms with Crippen LogP contribution in [0.5, 0.6) is 0 Å². The molecular weight excluding hydrogens is 391 g/mol. The number of thiophene rings is 1. The molecule has 1 unspecified atom stereocenters. The van der Waals surface area contributed by atoms with E-state index in [2.05, 4.69) is 20.2 Å². The molecule has 0 saturated carbocycles. The van der Waals surface area contributed by atoms with Crippen molar-refractivity contribution in [3.8, 4) is 0 Å². The van der Waals surface area contributed by atoms with Crippen molar-refractivity contribution >= 4 is 62.2 Å². The number of benzene rings is 1. The second kappa shape index (κ2) is 7.39. The second-order valence-corrected chi connectivity index (χ2v) is 7.92. The van der Waals surface area contributed by atoms with Gasteiger partial charge in [0.05, 0.1) is 16.1 Å². The van der Waals surface area contributed by atoms with E-state index in [9.17, 15) is 4.79 Å². The van der Waals surface area contributed by atoms with E-state index in [1.807, 2.05) is 11.4 Å². The van der Waals surface area contributed by atoms with Gasteiger partial charge in [-0.15, -0.1) is 11.3 Å². The minimum Gasteiger partial charge on any atom is -0.354 e. The zero-order valence-electron chi connectivity index (χ0n) is 13.8. The van der Waals surface area contributed by atoms with E-state index in [4.69, 9.17) is 23.2 Å². The smallest absolute Gasteiger partial charge is 0.229 e. The van der Waals surface area contributed by atoms with Gasteiger partial charge in [0.2, 0.25) is 11.2 Å². The van der Waals surface area contributed by atoms with Gasteiger partial charge in [-0.05, 0) is 60.2 Å². The number of hydrogen-bond acceptors (Lipinski definition) is 5. The predicted octanol–water partition coefficient (Wildman–Crippen LogP) is 4.85. The molecule has 1 aliphatic rings. The van der Waals surface area contributed by atoms with Crippen molar-refractivity contribution in [1.29, 1.82) is 0 Å². The summed E-state index contributed by atoms with van der Waals surface area (Å²) in [5.41, 5.74) is 1.60. The Hall–Kier alpha value is -1.89. The SMILES string of the molecule is O=C(Nc1ccc(Cl)cc1)C1CCCN(c2nc(Cl)nc3ccsc23)C1. The average molecular weight is 407 g/mol. The minimum atomic E-state index is -0.108. The van der Waals surface area contributed by atoms with Crippen LogP contribution in [0.25, 0.3) is 10.2 Å². The first-order valence-electron chi connectivity index (χ1n) is 8.32. The molecule has 5 nitrogen and oxygen atoms in total. The Bertz CT molecular complexity index is 944. The predicted molar refractivity (Wildman–Crippen MR) is 107 cm³/mol. The lowest BCUT2D eigenvalue weighted by atomic mass is 9.97. The van der Waals surface area contributed by atoms with E-state index in [-0.39, 0.29) is 17.1 Å². The third-order valence-corrected chi connectivity index (χ3v) is 5.78. The molecule has 8 heteroatoms. The Morgan fingerprint density at radius 2 is 2.00 bits per heavy atom. The molecule has 3 aromatic rings. The van der Waals surface area contributed by atoms with Gasteiger partial charge in [-0.1, -0.05) is 11.6 Å². The molecule has 1 amide bonds. The Morgan fingerprint density at radius 1 is 1.19 bits per heavy atom. The van der Waals surface area contributed by atoms with Crippen molar-refractivity contribution < 1.29 is 4.79 Å². The first-order valence-corrected chi connectivity index (χ1v) is 9.96. The molecule has 1 aliphatic heterocycles. The lowest BCUT2D eigenvalue weighted by molar-refractivity contribution is -0.120. The van der Waals surface area contributed by atoms with Crippen LogP contribution in [0.15, 0.2) is 35.7 Å². The molecule has 1 atom stereocenters. The van der Waals surface area contributed by atoms with Gasteiger partial charge >= 0.3 is 0 Å². The third-order valence-electron chi connectivity index (χ3n) is 4.46. The summed E-state index contributed by atoms with van der Waals surface area (Å²) in [7, 11) is 0. The average Bonchev–Trinajstić information content (AvgIpc) is 3.11. The molecule has 2 aromatic heterocycles. The summed E-state index contributed by atoms with van der Waals surface area (Å²) in [6, 6.07) is 9.08. The normalized spacial score (nSPS) is 17.5. The molecule has 1 saturated heterocycles. The number of nitrogens with zero attached hydrogens (tertiary/aromatic N) is 3. The van der Waals surface area contributed by atoms with E-state index >= 15 is 0 Å². The number of hydrogen-bond donors (Lipinski definition) is 1. The van der Waals surface area contributed by atoms with Crippen molar-refractivity contribution in [2.45, 2.75) is 12.8 Å². The molecule has 1 fully saturated rings. The Balaban J connectivity index is 1.52. The highest BCUT2D eigenvalue weighted by Crippen LogP contribution is 2.32. The van der Waals surface area contributed by atoms with Crippen LogP contribution in [-0.4, -0.2) is 29.0 Å². The van der Waals surface area contributed by atoms with E-state index in [1.54, 1.807) is 35.6 Å². The van der Waals surface area contributed by atoms with Gasteiger partial charge in [0.15, 0.2) is 5.82 Å². The van der Waals surface area contributed by atoms with Crippen molar-refractivity contribution in [2.24, 2.45) is 5.92 Å². The van der Waals surface area contributed by atoms with Gasteiger partial charge in [-0.2, -0.15) is 4.98 Å².